The first-order valence-corrected chi connectivity index (χ1v) is 1.98. The van der Waals surface area contributed by atoms with Crippen LogP contribution in [-0.2, 0) is 14.6 Å². The van der Waals surface area contributed by atoms with Crippen LogP contribution in [0.2, 0.25) is 0 Å². The van der Waals surface area contributed by atoms with Gasteiger partial charge in [-0.1, -0.05) is 0 Å². The normalized spacial score (nSPS) is 6.38. The number of hydrogen-bond donors (Lipinski definition) is 1. The molecule has 4 heteroatoms. The average molecular weight is 120 g/mol. The van der Waals surface area contributed by atoms with E-state index in [1.165, 1.54) is 7.11 Å². The van der Waals surface area contributed by atoms with Crippen LogP contribution in [-0.4, -0.2) is 27.4 Å². The number of rotatable bonds is 3. The minimum absolute atomic E-state index is 0.295. The molecule has 8 heavy (non-hydrogen) atoms. The molecule has 0 rings (SSSR count). The first-order valence-electron chi connectivity index (χ1n) is 1.98. The van der Waals surface area contributed by atoms with Gasteiger partial charge in [0.2, 0.25) is 6.41 Å². The van der Waals surface area contributed by atoms with Crippen molar-refractivity contribution in [2.45, 2.75) is 0 Å². The SMILES string of the molecule is COCNC=O.C[O]. The van der Waals surface area contributed by atoms with Crippen molar-refractivity contribution in [1.29, 1.82) is 0 Å². The third-order valence-corrected chi connectivity index (χ3v) is 0.311. The molecule has 1 radical (unpaired) electrons. The highest BCUT2D eigenvalue weighted by Gasteiger charge is 1.67. The summed E-state index contributed by atoms with van der Waals surface area (Å²) >= 11 is 0. The summed E-state index contributed by atoms with van der Waals surface area (Å²) in [5.41, 5.74) is 0. The number of carbonyl (C=O) groups is 1. The van der Waals surface area contributed by atoms with E-state index in [1.54, 1.807) is 0 Å². The predicted molar refractivity (Wildman–Crippen MR) is 27.7 cm³/mol. The fourth-order valence-electron chi connectivity index (χ4n) is 0.117. The molecule has 0 aliphatic rings. The topological polar surface area (TPSA) is 58.2 Å². The van der Waals surface area contributed by atoms with Gasteiger partial charge >= 0.3 is 0 Å². The van der Waals surface area contributed by atoms with Gasteiger partial charge < -0.3 is 10.1 Å². The molecule has 0 aliphatic heterocycles. The van der Waals surface area contributed by atoms with Gasteiger partial charge in [0.1, 0.15) is 6.73 Å². The summed E-state index contributed by atoms with van der Waals surface area (Å²) < 4.78 is 4.44. The van der Waals surface area contributed by atoms with E-state index in [1.807, 2.05) is 0 Å². The van der Waals surface area contributed by atoms with Crippen molar-refractivity contribution in [3.05, 3.63) is 0 Å². The third kappa shape index (κ3) is 18.2. The summed E-state index contributed by atoms with van der Waals surface area (Å²) in [6, 6.07) is 0. The van der Waals surface area contributed by atoms with Crippen LogP contribution in [0.15, 0.2) is 0 Å². The molecule has 0 heterocycles. The van der Waals surface area contributed by atoms with Crippen LogP contribution < -0.4 is 5.32 Å². The lowest BCUT2D eigenvalue weighted by Crippen LogP contribution is -2.12. The molecule has 0 saturated heterocycles. The van der Waals surface area contributed by atoms with Gasteiger partial charge in [0, 0.05) is 7.11 Å². The van der Waals surface area contributed by atoms with Gasteiger partial charge in [-0.25, -0.2) is 5.11 Å². The van der Waals surface area contributed by atoms with E-state index in [9.17, 15) is 4.79 Å². The van der Waals surface area contributed by atoms with E-state index >= 15 is 0 Å². The number of amides is 1. The Bertz CT molecular complexity index is 40.3. The van der Waals surface area contributed by atoms with Crippen molar-refractivity contribution in [3.63, 3.8) is 0 Å². The van der Waals surface area contributed by atoms with Gasteiger partial charge in [0.15, 0.2) is 0 Å². The number of methoxy groups -OCH3 is 1. The summed E-state index contributed by atoms with van der Waals surface area (Å²) in [7, 11) is 2.26. The maximum atomic E-state index is 9.37. The van der Waals surface area contributed by atoms with Gasteiger partial charge in [0.25, 0.3) is 0 Å². The Morgan fingerprint density at radius 1 is 1.62 bits per heavy atom. The number of carbonyl (C=O) groups excluding carboxylic acids is 1. The Morgan fingerprint density at radius 3 is 2.25 bits per heavy atom. The van der Waals surface area contributed by atoms with Gasteiger partial charge in [-0.15, -0.1) is 0 Å². The molecular weight excluding hydrogens is 110 g/mol. The summed E-state index contributed by atoms with van der Waals surface area (Å²) in [6.07, 6.45) is 0.587. The molecule has 0 aromatic heterocycles. The molecular formula is C4H10NO3. The second-order valence-corrected chi connectivity index (χ2v) is 0.755. The molecule has 1 N–H and O–H groups in total. The molecule has 0 atom stereocenters. The monoisotopic (exact) mass is 120 g/mol. The van der Waals surface area contributed by atoms with E-state index in [-0.39, 0.29) is 0 Å². The quantitative estimate of drug-likeness (QED) is 0.306. The number of nitrogens with one attached hydrogen (secondary N) is 1. The molecule has 0 aromatic rings. The molecule has 0 saturated carbocycles. The van der Waals surface area contributed by atoms with Crippen LogP contribution in [0.5, 0.6) is 0 Å². The summed E-state index contributed by atoms with van der Waals surface area (Å²) in [4.78, 5) is 9.37. The van der Waals surface area contributed by atoms with Crippen molar-refractivity contribution >= 4 is 6.41 Å². The fourth-order valence-corrected chi connectivity index (χ4v) is 0.117. The minimum Gasteiger partial charge on any atom is -0.365 e. The maximum Gasteiger partial charge on any atom is 0.208 e. The Morgan fingerprint density at radius 2 is 2.12 bits per heavy atom. The lowest BCUT2D eigenvalue weighted by atomic mass is 11.1. The van der Waals surface area contributed by atoms with Crippen LogP contribution in [0.25, 0.3) is 0 Å². The molecule has 0 spiro atoms. The second-order valence-electron chi connectivity index (χ2n) is 0.755. The van der Waals surface area contributed by atoms with E-state index in [0.717, 1.165) is 7.11 Å². The van der Waals surface area contributed by atoms with Gasteiger partial charge in [-0.3, -0.25) is 4.79 Å². The Balaban J connectivity index is 0. The maximum absolute atomic E-state index is 9.37. The summed E-state index contributed by atoms with van der Waals surface area (Å²) in [6.45, 7) is 0.295. The highest BCUT2D eigenvalue weighted by atomic mass is 16.5. The minimum atomic E-state index is 0.295. The van der Waals surface area contributed by atoms with E-state index in [0.29, 0.717) is 13.1 Å². The Labute approximate surface area is 48.5 Å². The fraction of sp³-hybridized carbons (Fsp3) is 0.750. The lowest BCUT2D eigenvalue weighted by Gasteiger charge is -1.89. The molecule has 1 amide bonds. The molecule has 0 aromatic carbocycles. The average Bonchev–Trinajstić information content (AvgIpc) is 1.88. The van der Waals surface area contributed by atoms with Crippen molar-refractivity contribution in [3.8, 4) is 0 Å². The molecule has 0 aliphatic carbocycles. The third-order valence-electron chi connectivity index (χ3n) is 0.311. The highest BCUT2D eigenvalue weighted by Crippen LogP contribution is 1.49. The highest BCUT2D eigenvalue weighted by molar-refractivity contribution is 5.45. The van der Waals surface area contributed by atoms with Crippen molar-refractivity contribution in [1.82, 2.24) is 5.32 Å². The Hall–Kier alpha value is -0.610. The number of ether oxygens (including phenoxy) is 1. The van der Waals surface area contributed by atoms with Crippen molar-refractivity contribution < 1.29 is 14.6 Å². The lowest BCUT2D eigenvalue weighted by molar-refractivity contribution is -0.110. The zero-order valence-electron chi connectivity index (χ0n) is 5.01. The standard InChI is InChI=1S/C3H7NO2.CH3O/c1-6-3-4-2-5;1-2/h2H,3H2,1H3,(H,4,5);1H3. The van der Waals surface area contributed by atoms with E-state index in [4.69, 9.17) is 5.11 Å². The Kier molecular flexibility index (Phi) is 21.0. The first-order chi connectivity index (χ1) is 3.91. The van der Waals surface area contributed by atoms with Crippen molar-refractivity contribution in [2.24, 2.45) is 0 Å². The van der Waals surface area contributed by atoms with Crippen molar-refractivity contribution in [2.75, 3.05) is 21.0 Å². The molecule has 49 valence electrons. The molecule has 4 nitrogen and oxygen atoms in total. The largest absolute Gasteiger partial charge is 0.365 e. The molecule has 0 bridgehead atoms. The summed E-state index contributed by atoms with van der Waals surface area (Å²) in [5, 5.41) is 10.5. The number of hydrogen-bond acceptors (Lipinski definition) is 2. The van der Waals surface area contributed by atoms with Gasteiger partial charge in [0.05, 0.1) is 7.11 Å². The zero-order chi connectivity index (χ0) is 6.83. The zero-order valence-corrected chi connectivity index (χ0v) is 5.01. The van der Waals surface area contributed by atoms with Crippen LogP contribution >= 0.6 is 0 Å². The van der Waals surface area contributed by atoms with Crippen LogP contribution in [0.1, 0.15) is 0 Å². The van der Waals surface area contributed by atoms with Crippen LogP contribution in [0.3, 0.4) is 0 Å². The van der Waals surface area contributed by atoms with Crippen LogP contribution in [0.4, 0.5) is 0 Å². The van der Waals surface area contributed by atoms with Gasteiger partial charge in [-0.2, -0.15) is 0 Å². The van der Waals surface area contributed by atoms with Crippen LogP contribution in [0, 0.1) is 0 Å². The van der Waals surface area contributed by atoms with E-state index < -0.39 is 0 Å². The first kappa shape index (κ1) is 10.4. The second kappa shape index (κ2) is 16.2. The predicted octanol–water partition coefficient (Wildman–Crippen LogP) is -0.617. The molecule has 0 fully saturated rings. The summed E-state index contributed by atoms with van der Waals surface area (Å²) in [5.74, 6) is 0. The van der Waals surface area contributed by atoms with E-state index in [2.05, 4.69) is 10.1 Å². The smallest absolute Gasteiger partial charge is 0.208 e. The van der Waals surface area contributed by atoms with Gasteiger partial charge in [-0.05, 0) is 0 Å². The molecule has 0 unspecified atom stereocenters.